The number of aliphatic hydroxyl groups excluding tert-OH is 1. The summed E-state index contributed by atoms with van der Waals surface area (Å²) >= 11 is 0. The summed E-state index contributed by atoms with van der Waals surface area (Å²) in [5, 5.41) is 29.8. The third-order valence-electron chi connectivity index (χ3n) is 6.50. The second-order valence-corrected chi connectivity index (χ2v) is 7.39. The molecule has 5 nitrogen and oxygen atoms in total. The van der Waals surface area contributed by atoms with Crippen molar-refractivity contribution in [3.8, 4) is 17.6 Å². The Morgan fingerprint density at radius 1 is 1.38 bits per heavy atom. The molecular weight excluding hydrogens is 304 g/mol. The van der Waals surface area contributed by atoms with Gasteiger partial charge in [0.15, 0.2) is 11.5 Å². The molecule has 2 heterocycles. The van der Waals surface area contributed by atoms with Crippen molar-refractivity contribution >= 4 is 0 Å². The number of aliphatic hydroxyl groups is 1. The molecule has 2 aliphatic carbocycles. The zero-order valence-electron chi connectivity index (χ0n) is 13.4. The van der Waals surface area contributed by atoms with Crippen molar-refractivity contribution < 1.29 is 14.9 Å². The Bertz CT molecular complexity index is 784. The van der Waals surface area contributed by atoms with Crippen LogP contribution < -0.4 is 4.74 Å². The maximum atomic E-state index is 10.5. The predicted octanol–water partition coefficient (Wildman–Crippen LogP) is 1.48. The third kappa shape index (κ3) is 1.56. The molecule has 2 bridgehead atoms. The molecule has 1 aromatic carbocycles. The van der Waals surface area contributed by atoms with Crippen LogP contribution in [0.15, 0.2) is 24.3 Å². The summed E-state index contributed by atoms with van der Waals surface area (Å²) in [7, 11) is 0. The molecule has 2 N–H and O–H groups in total. The normalized spacial score (nSPS) is 38.3. The minimum Gasteiger partial charge on any atom is -0.504 e. The summed E-state index contributed by atoms with van der Waals surface area (Å²) < 4.78 is 6.12. The number of benzene rings is 1. The van der Waals surface area contributed by atoms with Crippen LogP contribution in [0, 0.1) is 17.2 Å². The number of likely N-dealkylation sites (tertiary alicyclic amines) is 1. The van der Waals surface area contributed by atoms with E-state index in [1.165, 1.54) is 5.56 Å². The average Bonchev–Trinajstić information content (AvgIpc) is 2.93. The Hall–Kier alpha value is -2.03. The smallest absolute Gasteiger partial charge is 0.165 e. The molecule has 1 fully saturated rings. The van der Waals surface area contributed by atoms with Crippen molar-refractivity contribution in [2.24, 2.45) is 5.92 Å². The second-order valence-electron chi connectivity index (χ2n) is 7.39. The fraction of sp³-hybridized carbons (Fsp3) is 0.526. The minimum atomic E-state index is -0.648. The van der Waals surface area contributed by atoms with Crippen LogP contribution in [0.1, 0.15) is 24.0 Å². The maximum Gasteiger partial charge on any atom is 0.165 e. The largest absolute Gasteiger partial charge is 0.504 e. The lowest BCUT2D eigenvalue weighted by atomic mass is 9.53. The van der Waals surface area contributed by atoms with Crippen molar-refractivity contribution in [2.75, 3.05) is 13.1 Å². The molecule has 5 rings (SSSR count). The SMILES string of the molecule is N#CCCN1CC[C@]23c4c5ccc(O)c4O[C@H]2[C@@H](O)C=CC3C1C5. The zero-order chi connectivity index (χ0) is 16.5. The Balaban J connectivity index is 1.69. The van der Waals surface area contributed by atoms with Gasteiger partial charge in [0.2, 0.25) is 0 Å². The van der Waals surface area contributed by atoms with Crippen molar-refractivity contribution in [1.29, 1.82) is 5.26 Å². The number of phenols is 1. The molecule has 0 saturated carbocycles. The number of ether oxygens (including phenoxy) is 1. The van der Waals surface area contributed by atoms with Gasteiger partial charge >= 0.3 is 0 Å². The predicted molar refractivity (Wildman–Crippen MR) is 86.7 cm³/mol. The fourth-order valence-corrected chi connectivity index (χ4v) is 5.60. The van der Waals surface area contributed by atoms with Crippen molar-refractivity contribution in [1.82, 2.24) is 4.90 Å². The van der Waals surface area contributed by atoms with E-state index in [2.05, 4.69) is 17.0 Å². The van der Waals surface area contributed by atoms with E-state index in [4.69, 9.17) is 10.00 Å². The molecular formula is C19H20N2O3. The summed E-state index contributed by atoms with van der Waals surface area (Å²) in [6, 6.07) is 6.29. The van der Waals surface area contributed by atoms with Crippen molar-refractivity contribution in [3.05, 3.63) is 35.4 Å². The van der Waals surface area contributed by atoms with Crippen LogP contribution in [0.4, 0.5) is 0 Å². The number of phenolic OH excluding ortho intramolecular Hbond substituents is 1. The Morgan fingerprint density at radius 2 is 2.25 bits per heavy atom. The molecule has 5 heteroatoms. The highest BCUT2D eigenvalue weighted by Gasteiger charge is 2.64. The number of nitriles is 1. The number of aromatic hydroxyl groups is 1. The molecule has 1 aromatic rings. The van der Waals surface area contributed by atoms with E-state index in [-0.39, 0.29) is 23.2 Å². The first-order valence-electron chi connectivity index (χ1n) is 8.66. The summed E-state index contributed by atoms with van der Waals surface area (Å²) in [4.78, 5) is 2.42. The second kappa shape index (κ2) is 4.75. The van der Waals surface area contributed by atoms with Gasteiger partial charge in [0, 0.05) is 35.9 Å². The molecule has 1 spiro atoms. The van der Waals surface area contributed by atoms with E-state index in [1.54, 1.807) is 6.07 Å². The standard InChI is InChI=1S/C19H20N2O3/c20-7-1-8-21-9-6-19-12-3-5-15(23)18(19)24-17-14(22)4-2-11(16(17)19)10-13(12)21/h2-5,12-13,15,18,22-23H,1,6,8-10H2/t12?,13?,15-,18-,19-/m0/s1. The molecule has 4 aliphatic rings. The first kappa shape index (κ1) is 14.3. The van der Waals surface area contributed by atoms with Crippen LogP contribution >= 0.6 is 0 Å². The molecule has 2 unspecified atom stereocenters. The van der Waals surface area contributed by atoms with Gasteiger partial charge in [-0.2, -0.15) is 5.26 Å². The first-order chi connectivity index (χ1) is 11.7. The first-order valence-corrected chi connectivity index (χ1v) is 8.66. The monoisotopic (exact) mass is 324 g/mol. The Labute approximate surface area is 140 Å². The van der Waals surface area contributed by atoms with Gasteiger partial charge in [-0.05, 0) is 31.0 Å². The number of piperidine rings is 1. The summed E-state index contributed by atoms with van der Waals surface area (Å²) in [5.74, 6) is 1.01. The van der Waals surface area contributed by atoms with E-state index in [0.717, 1.165) is 31.5 Å². The van der Waals surface area contributed by atoms with Gasteiger partial charge in [0.05, 0.1) is 6.07 Å². The van der Waals surface area contributed by atoms with Crippen molar-refractivity contribution in [2.45, 2.75) is 42.9 Å². The fourth-order valence-electron chi connectivity index (χ4n) is 5.60. The van der Waals surface area contributed by atoms with Gasteiger partial charge in [-0.15, -0.1) is 0 Å². The van der Waals surface area contributed by atoms with Crippen LogP contribution in [0.5, 0.6) is 11.5 Å². The minimum absolute atomic E-state index is 0.175. The van der Waals surface area contributed by atoms with Crippen LogP contribution in [0.25, 0.3) is 0 Å². The van der Waals surface area contributed by atoms with Gasteiger partial charge < -0.3 is 14.9 Å². The molecule has 1 saturated heterocycles. The molecule has 2 aliphatic heterocycles. The van der Waals surface area contributed by atoms with E-state index in [1.807, 2.05) is 12.1 Å². The lowest BCUT2D eigenvalue weighted by molar-refractivity contribution is -0.0510. The molecule has 0 amide bonds. The van der Waals surface area contributed by atoms with Gasteiger partial charge in [-0.1, -0.05) is 18.2 Å². The van der Waals surface area contributed by atoms with E-state index >= 15 is 0 Å². The van der Waals surface area contributed by atoms with E-state index in [9.17, 15) is 10.2 Å². The number of hydrogen-bond acceptors (Lipinski definition) is 5. The summed E-state index contributed by atoms with van der Waals surface area (Å²) in [6.45, 7) is 1.69. The molecule has 0 aromatic heterocycles. The molecule has 5 atom stereocenters. The summed E-state index contributed by atoms with van der Waals surface area (Å²) in [6.07, 6.45) is 5.35. The summed E-state index contributed by atoms with van der Waals surface area (Å²) in [5.41, 5.74) is 2.09. The van der Waals surface area contributed by atoms with Crippen LogP contribution in [0.3, 0.4) is 0 Å². The van der Waals surface area contributed by atoms with E-state index < -0.39 is 6.10 Å². The Morgan fingerprint density at radius 3 is 3.08 bits per heavy atom. The van der Waals surface area contributed by atoms with Crippen molar-refractivity contribution in [3.63, 3.8) is 0 Å². The van der Waals surface area contributed by atoms with Crippen LogP contribution in [-0.2, 0) is 11.8 Å². The quantitative estimate of drug-likeness (QED) is 0.806. The van der Waals surface area contributed by atoms with E-state index in [0.29, 0.717) is 18.2 Å². The maximum absolute atomic E-state index is 10.5. The topological polar surface area (TPSA) is 76.7 Å². The van der Waals surface area contributed by atoms with Crippen LogP contribution in [-0.4, -0.2) is 46.5 Å². The molecule has 124 valence electrons. The van der Waals surface area contributed by atoms with Gasteiger partial charge in [0.25, 0.3) is 0 Å². The number of nitrogens with zero attached hydrogens (tertiary/aromatic N) is 2. The highest BCUT2D eigenvalue weighted by molar-refractivity contribution is 5.61. The lowest BCUT2D eigenvalue weighted by Crippen LogP contribution is -2.65. The van der Waals surface area contributed by atoms with Gasteiger partial charge in [0.1, 0.15) is 12.2 Å². The number of rotatable bonds is 2. The zero-order valence-corrected chi connectivity index (χ0v) is 13.4. The molecule has 0 radical (unpaired) electrons. The van der Waals surface area contributed by atoms with Gasteiger partial charge in [-0.25, -0.2) is 0 Å². The lowest BCUT2D eigenvalue weighted by Gasteiger charge is -2.57. The Kier molecular flexibility index (Phi) is 2.83. The molecule has 24 heavy (non-hydrogen) atoms. The number of hydrogen-bond donors (Lipinski definition) is 2. The average molecular weight is 324 g/mol. The highest BCUT2D eigenvalue weighted by atomic mass is 16.5. The van der Waals surface area contributed by atoms with Gasteiger partial charge in [-0.3, -0.25) is 4.90 Å². The van der Waals surface area contributed by atoms with Crippen LogP contribution in [0.2, 0.25) is 0 Å². The third-order valence-corrected chi connectivity index (χ3v) is 6.50. The highest BCUT2D eigenvalue weighted by Crippen LogP contribution is 2.62.